The second kappa shape index (κ2) is 5.09. The van der Waals surface area contributed by atoms with Crippen molar-refractivity contribution in [1.29, 1.82) is 5.26 Å². The van der Waals surface area contributed by atoms with Crippen LogP contribution in [0.5, 0.6) is 0 Å². The molecular formula is C13H11N3O4. The van der Waals surface area contributed by atoms with Gasteiger partial charge in [0.25, 0.3) is 5.69 Å². The number of rotatable bonds is 4. The van der Waals surface area contributed by atoms with E-state index in [1.54, 1.807) is 6.92 Å². The van der Waals surface area contributed by atoms with Crippen molar-refractivity contribution in [3.8, 4) is 6.07 Å². The number of esters is 1. The summed E-state index contributed by atoms with van der Waals surface area (Å²) in [4.78, 5) is 26.1. The van der Waals surface area contributed by atoms with Gasteiger partial charge in [-0.1, -0.05) is 0 Å². The fourth-order valence-electron chi connectivity index (χ4n) is 1.80. The van der Waals surface area contributed by atoms with Crippen LogP contribution in [0.4, 0.5) is 5.69 Å². The summed E-state index contributed by atoms with van der Waals surface area (Å²) in [5.74, 6) is -0.383. The lowest BCUT2D eigenvalue weighted by Gasteiger charge is -2.12. The number of nitrogens with zero attached hydrogens (tertiary/aromatic N) is 3. The molecule has 0 N–H and O–H groups in total. The van der Waals surface area contributed by atoms with Crippen molar-refractivity contribution in [1.82, 2.24) is 0 Å². The van der Waals surface area contributed by atoms with Gasteiger partial charge in [0, 0.05) is 24.1 Å². The van der Waals surface area contributed by atoms with E-state index in [9.17, 15) is 14.9 Å². The largest absolute Gasteiger partial charge is 0.405 e. The summed E-state index contributed by atoms with van der Waals surface area (Å²) in [6.07, 6.45) is 0.474. The highest BCUT2D eigenvalue weighted by atomic mass is 16.6. The van der Waals surface area contributed by atoms with Crippen LogP contribution in [0, 0.1) is 21.4 Å². The molecule has 0 aromatic heterocycles. The van der Waals surface area contributed by atoms with Crippen molar-refractivity contribution in [2.24, 2.45) is 4.99 Å². The summed E-state index contributed by atoms with van der Waals surface area (Å²) in [7, 11) is 0. The van der Waals surface area contributed by atoms with Gasteiger partial charge in [-0.25, -0.2) is 9.79 Å². The van der Waals surface area contributed by atoms with Crippen LogP contribution < -0.4 is 0 Å². The summed E-state index contributed by atoms with van der Waals surface area (Å²) >= 11 is 0. The Kier molecular flexibility index (Phi) is 3.48. The molecule has 1 aromatic rings. The number of benzene rings is 1. The molecule has 7 heteroatoms. The third kappa shape index (κ3) is 2.49. The summed E-state index contributed by atoms with van der Waals surface area (Å²) in [5, 5.41) is 19.1. The number of cyclic esters (lactones) is 1. The Balaban J connectivity index is 2.25. The monoisotopic (exact) mass is 273 g/mol. The Morgan fingerprint density at radius 1 is 1.45 bits per heavy atom. The molecule has 7 nitrogen and oxygen atoms in total. The van der Waals surface area contributed by atoms with Crippen LogP contribution >= 0.6 is 0 Å². The molecule has 2 rings (SSSR count). The molecule has 0 saturated carbocycles. The normalized spacial score (nSPS) is 21.0. The summed E-state index contributed by atoms with van der Waals surface area (Å²) in [6.45, 7) is 1.60. The van der Waals surface area contributed by atoms with Crippen molar-refractivity contribution < 1.29 is 14.5 Å². The molecule has 20 heavy (non-hydrogen) atoms. The summed E-state index contributed by atoms with van der Waals surface area (Å²) < 4.78 is 5.09. The number of aliphatic imine (C=N–C) groups is 1. The van der Waals surface area contributed by atoms with Crippen molar-refractivity contribution in [2.75, 3.05) is 0 Å². The fourth-order valence-corrected chi connectivity index (χ4v) is 1.80. The Bertz CT molecular complexity index is 630. The van der Waals surface area contributed by atoms with E-state index in [-0.39, 0.29) is 24.4 Å². The molecule has 0 radical (unpaired) electrons. The van der Waals surface area contributed by atoms with Crippen LogP contribution in [-0.2, 0) is 9.53 Å². The number of non-ortho nitro benzene ring substituents is 1. The molecule has 0 amide bonds. The Labute approximate surface area is 114 Å². The number of ether oxygens (including phenoxy) is 1. The highest BCUT2D eigenvalue weighted by Gasteiger charge is 2.41. The molecule has 1 aliphatic heterocycles. The van der Waals surface area contributed by atoms with Gasteiger partial charge in [0.05, 0.1) is 11.0 Å². The molecular weight excluding hydrogens is 262 g/mol. The smallest absolute Gasteiger partial charge is 0.340 e. The Hall–Kier alpha value is -2.75. The van der Waals surface area contributed by atoms with Crippen LogP contribution in [0.2, 0.25) is 0 Å². The molecule has 1 atom stereocenters. The van der Waals surface area contributed by atoms with Gasteiger partial charge < -0.3 is 4.74 Å². The number of carbonyl (C=O) groups is 1. The molecule has 1 unspecified atom stereocenters. The minimum atomic E-state index is -1.06. The van der Waals surface area contributed by atoms with Crippen molar-refractivity contribution in [3.63, 3.8) is 0 Å². The van der Waals surface area contributed by atoms with Gasteiger partial charge in [-0.3, -0.25) is 10.1 Å². The quantitative estimate of drug-likeness (QED) is 0.473. The van der Waals surface area contributed by atoms with Crippen LogP contribution in [0.3, 0.4) is 0 Å². The molecule has 102 valence electrons. The van der Waals surface area contributed by atoms with Gasteiger partial charge in [-0.2, -0.15) is 5.26 Å². The molecule has 0 bridgehead atoms. The van der Waals surface area contributed by atoms with E-state index in [1.807, 2.05) is 6.07 Å². The van der Waals surface area contributed by atoms with Gasteiger partial charge in [-0.05, 0) is 25.5 Å². The third-order valence-corrected chi connectivity index (χ3v) is 3.03. The summed E-state index contributed by atoms with van der Waals surface area (Å²) in [5.41, 5.74) is -0.622. The van der Waals surface area contributed by atoms with E-state index in [0.717, 1.165) is 0 Å². The van der Waals surface area contributed by atoms with Gasteiger partial charge in [-0.15, -0.1) is 0 Å². The lowest BCUT2D eigenvalue weighted by atomic mass is 9.98. The zero-order valence-electron chi connectivity index (χ0n) is 10.7. The van der Waals surface area contributed by atoms with Crippen LogP contribution in [-0.4, -0.2) is 22.3 Å². The molecule has 0 spiro atoms. The Morgan fingerprint density at radius 3 is 2.65 bits per heavy atom. The molecule has 1 heterocycles. The van der Waals surface area contributed by atoms with Gasteiger partial charge in [0.15, 0.2) is 5.54 Å². The third-order valence-electron chi connectivity index (χ3n) is 3.03. The molecule has 1 aromatic carbocycles. The predicted molar refractivity (Wildman–Crippen MR) is 69.0 cm³/mol. The number of nitro benzene ring substituents is 1. The maximum Gasteiger partial charge on any atom is 0.340 e. The lowest BCUT2D eigenvalue weighted by molar-refractivity contribution is -0.384. The molecule has 0 saturated heterocycles. The zero-order chi connectivity index (χ0) is 14.8. The van der Waals surface area contributed by atoms with Crippen LogP contribution in [0.15, 0.2) is 29.3 Å². The van der Waals surface area contributed by atoms with Gasteiger partial charge in [0.2, 0.25) is 5.90 Å². The molecule has 1 aliphatic rings. The van der Waals surface area contributed by atoms with E-state index in [4.69, 9.17) is 10.00 Å². The average Bonchev–Trinajstić information content (AvgIpc) is 2.73. The number of carbonyl (C=O) groups excluding carboxylic acids is 1. The molecule has 0 aliphatic carbocycles. The zero-order valence-corrected chi connectivity index (χ0v) is 10.7. The van der Waals surface area contributed by atoms with Crippen LogP contribution in [0.25, 0.3) is 0 Å². The van der Waals surface area contributed by atoms with Crippen molar-refractivity contribution in [3.05, 3.63) is 39.9 Å². The predicted octanol–water partition coefficient (Wildman–Crippen LogP) is 1.96. The van der Waals surface area contributed by atoms with Crippen molar-refractivity contribution in [2.45, 2.75) is 25.3 Å². The number of nitro groups is 1. The van der Waals surface area contributed by atoms with E-state index in [1.165, 1.54) is 24.3 Å². The van der Waals surface area contributed by atoms with E-state index < -0.39 is 16.4 Å². The topological polar surface area (TPSA) is 106 Å². The summed E-state index contributed by atoms with van der Waals surface area (Å²) in [6, 6.07) is 7.54. The minimum absolute atomic E-state index is 0.0501. The minimum Gasteiger partial charge on any atom is -0.405 e. The SMILES string of the molecule is CC1(CCC#N)N=C(c2ccc([N+](=O)[O-])cc2)OC1=O. The number of hydrogen-bond donors (Lipinski definition) is 0. The first-order valence-corrected chi connectivity index (χ1v) is 5.90. The highest BCUT2D eigenvalue weighted by molar-refractivity contribution is 6.07. The van der Waals surface area contributed by atoms with Gasteiger partial charge >= 0.3 is 5.97 Å². The fraction of sp³-hybridized carbons (Fsp3) is 0.308. The Morgan fingerprint density at radius 2 is 2.10 bits per heavy atom. The second-order valence-electron chi connectivity index (χ2n) is 4.54. The average molecular weight is 273 g/mol. The number of nitriles is 1. The van der Waals surface area contributed by atoms with Gasteiger partial charge in [0.1, 0.15) is 0 Å². The first kappa shape index (κ1) is 13.7. The standard InChI is InChI=1S/C13H11N3O4/c1-13(7-2-8-14)12(17)20-11(15-13)9-3-5-10(6-4-9)16(18)19/h3-6H,2,7H2,1H3. The first-order valence-electron chi connectivity index (χ1n) is 5.90. The van der Waals surface area contributed by atoms with Crippen LogP contribution in [0.1, 0.15) is 25.3 Å². The van der Waals surface area contributed by atoms with E-state index in [2.05, 4.69) is 4.99 Å². The van der Waals surface area contributed by atoms with Crippen molar-refractivity contribution >= 4 is 17.6 Å². The molecule has 0 fully saturated rings. The maximum atomic E-state index is 11.8. The highest BCUT2D eigenvalue weighted by Crippen LogP contribution is 2.27. The lowest BCUT2D eigenvalue weighted by Crippen LogP contribution is -2.29. The van der Waals surface area contributed by atoms with E-state index in [0.29, 0.717) is 5.56 Å². The van der Waals surface area contributed by atoms with E-state index >= 15 is 0 Å². The second-order valence-corrected chi connectivity index (χ2v) is 4.54. The first-order chi connectivity index (χ1) is 9.46. The number of hydrogen-bond acceptors (Lipinski definition) is 6. The maximum absolute atomic E-state index is 11.8.